The third-order valence-corrected chi connectivity index (χ3v) is 3.92. The van der Waals surface area contributed by atoms with Gasteiger partial charge in [0, 0.05) is 11.6 Å². The molecule has 1 atom stereocenters. The van der Waals surface area contributed by atoms with Crippen LogP contribution in [0.2, 0.25) is 0 Å². The number of rotatable bonds is 4. The van der Waals surface area contributed by atoms with Gasteiger partial charge in [-0.1, -0.05) is 0 Å². The lowest BCUT2D eigenvalue weighted by molar-refractivity contribution is -0.385. The van der Waals surface area contributed by atoms with Gasteiger partial charge in [-0.25, -0.2) is 4.98 Å². The summed E-state index contributed by atoms with van der Waals surface area (Å²) in [6, 6.07) is 0.342. The highest BCUT2D eigenvalue weighted by molar-refractivity contribution is 9.10. The fourth-order valence-electron chi connectivity index (χ4n) is 1.91. The summed E-state index contributed by atoms with van der Waals surface area (Å²) >= 11 is 3.30. The Bertz CT molecular complexity index is 461. The second kappa shape index (κ2) is 5.62. The van der Waals surface area contributed by atoms with E-state index in [2.05, 4.69) is 26.2 Å². The van der Waals surface area contributed by atoms with Crippen molar-refractivity contribution in [1.82, 2.24) is 10.3 Å². The van der Waals surface area contributed by atoms with Gasteiger partial charge in [0.1, 0.15) is 12.8 Å². The minimum Gasteiger partial charge on any atom is -0.475 e. The first-order chi connectivity index (χ1) is 8.59. The van der Waals surface area contributed by atoms with Gasteiger partial charge >= 0.3 is 0 Å². The summed E-state index contributed by atoms with van der Waals surface area (Å²) in [5.41, 5.74) is 0.526. The van der Waals surface area contributed by atoms with Crippen molar-refractivity contribution in [1.29, 1.82) is 0 Å². The second-order valence-corrected chi connectivity index (χ2v) is 5.04. The molecule has 1 saturated heterocycles. The number of hydrogen-bond donors (Lipinski definition) is 1. The summed E-state index contributed by atoms with van der Waals surface area (Å²) in [5, 5.41) is 14.1. The molecule has 0 saturated carbocycles. The smallest absolute Gasteiger partial charge is 0.291 e. The Morgan fingerprint density at radius 2 is 2.50 bits per heavy atom. The molecule has 0 radical (unpaired) electrons. The van der Waals surface area contributed by atoms with Gasteiger partial charge in [-0.15, -0.1) is 0 Å². The number of nitro groups is 1. The van der Waals surface area contributed by atoms with Crippen molar-refractivity contribution in [3.8, 4) is 5.88 Å². The molecule has 1 aliphatic heterocycles. The molecule has 18 heavy (non-hydrogen) atoms. The molecule has 0 aliphatic carbocycles. The summed E-state index contributed by atoms with van der Waals surface area (Å²) < 4.78 is 6.14. The Balaban J connectivity index is 2.09. The molecule has 6 nitrogen and oxygen atoms in total. The molecular formula is C11H14BrN3O3. The molecule has 0 aromatic carbocycles. The van der Waals surface area contributed by atoms with Crippen LogP contribution in [0.4, 0.5) is 5.69 Å². The number of halogens is 1. The third kappa shape index (κ3) is 2.78. The SMILES string of the molecule is Cc1c([N+](=O)[O-])cnc(OCC2CCCN2)c1Br. The molecule has 98 valence electrons. The molecule has 1 aliphatic rings. The van der Waals surface area contributed by atoms with E-state index in [9.17, 15) is 10.1 Å². The first kappa shape index (κ1) is 13.2. The lowest BCUT2D eigenvalue weighted by atomic mass is 10.2. The van der Waals surface area contributed by atoms with E-state index in [-0.39, 0.29) is 5.69 Å². The molecule has 0 bridgehead atoms. The van der Waals surface area contributed by atoms with Gasteiger partial charge in [-0.3, -0.25) is 10.1 Å². The van der Waals surface area contributed by atoms with E-state index in [0.717, 1.165) is 19.4 Å². The van der Waals surface area contributed by atoms with E-state index in [1.165, 1.54) is 6.20 Å². The first-order valence-corrected chi connectivity index (χ1v) is 6.54. The molecular weight excluding hydrogens is 302 g/mol. The minimum absolute atomic E-state index is 0.00628. The Hall–Kier alpha value is -1.21. The maximum atomic E-state index is 10.7. The maximum absolute atomic E-state index is 10.7. The van der Waals surface area contributed by atoms with Crippen LogP contribution in [0.3, 0.4) is 0 Å². The highest BCUT2D eigenvalue weighted by Gasteiger charge is 2.20. The molecule has 0 amide bonds. The topological polar surface area (TPSA) is 77.3 Å². The van der Waals surface area contributed by atoms with Crippen LogP contribution in [-0.4, -0.2) is 29.1 Å². The summed E-state index contributed by atoms with van der Waals surface area (Å²) in [6.45, 7) is 3.22. The van der Waals surface area contributed by atoms with Crippen molar-refractivity contribution in [2.75, 3.05) is 13.2 Å². The van der Waals surface area contributed by atoms with Gasteiger partial charge in [0.15, 0.2) is 0 Å². The Morgan fingerprint density at radius 1 is 1.72 bits per heavy atom. The van der Waals surface area contributed by atoms with Gasteiger partial charge < -0.3 is 10.1 Å². The van der Waals surface area contributed by atoms with E-state index in [1.54, 1.807) is 6.92 Å². The predicted molar refractivity (Wildman–Crippen MR) is 69.8 cm³/mol. The summed E-state index contributed by atoms with van der Waals surface area (Å²) in [7, 11) is 0. The Kier molecular flexibility index (Phi) is 4.13. The minimum atomic E-state index is -0.449. The standard InChI is InChI=1S/C11H14BrN3O3/c1-7-9(15(16)17)5-14-11(10(7)12)18-6-8-3-2-4-13-8/h5,8,13H,2-4,6H2,1H3. The molecule has 1 unspecified atom stereocenters. The Morgan fingerprint density at radius 3 is 3.11 bits per heavy atom. The van der Waals surface area contributed by atoms with Crippen molar-refractivity contribution in [3.05, 3.63) is 26.3 Å². The quantitative estimate of drug-likeness (QED) is 0.680. The molecule has 1 aromatic rings. The summed E-state index contributed by atoms with van der Waals surface area (Å²) in [6.07, 6.45) is 3.48. The van der Waals surface area contributed by atoms with Gasteiger partial charge in [0.05, 0.1) is 9.40 Å². The van der Waals surface area contributed by atoms with Crippen LogP contribution in [0.25, 0.3) is 0 Å². The molecule has 1 N–H and O–H groups in total. The summed E-state index contributed by atoms with van der Waals surface area (Å²) in [5.74, 6) is 0.409. The van der Waals surface area contributed by atoms with E-state index >= 15 is 0 Å². The number of nitrogens with one attached hydrogen (secondary N) is 1. The zero-order valence-electron chi connectivity index (χ0n) is 9.98. The van der Waals surface area contributed by atoms with Crippen molar-refractivity contribution < 1.29 is 9.66 Å². The van der Waals surface area contributed by atoms with Crippen molar-refractivity contribution in [3.63, 3.8) is 0 Å². The van der Waals surface area contributed by atoms with Crippen LogP contribution >= 0.6 is 15.9 Å². The average Bonchev–Trinajstić information content (AvgIpc) is 2.83. The number of pyridine rings is 1. The molecule has 2 heterocycles. The van der Waals surface area contributed by atoms with Gasteiger partial charge in [-0.2, -0.15) is 0 Å². The van der Waals surface area contributed by atoms with E-state index in [1.807, 2.05) is 0 Å². The van der Waals surface area contributed by atoms with E-state index in [4.69, 9.17) is 4.74 Å². The third-order valence-electron chi connectivity index (χ3n) is 2.99. The fraction of sp³-hybridized carbons (Fsp3) is 0.545. The highest BCUT2D eigenvalue weighted by Crippen LogP contribution is 2.32. The van der Waals surface area contributed by atoms with Gasteiger partial charge in [-0.05, 0) is 42.2 Å². The van der Waals surface area contributed by atoms with Crippen LogP contribution in [0.15, 0.2) is 10.7 Å². The monoisotopic (exact) mass is 315 g/mol. The normalized spacial score (nSPS) is 18.9. The fourth-order valence-corrected chi connectivity index (χ4v) is 2.33. The predicted octanol–water partition coefficient (Wildman–Crippen LogP) is 2.19. The zero-order chi connectivity index (χ0) is 13.1. The van der Waals surface area contributed by atoms with Gasteiger partial charge in [0.25, 0.3) is 5.69 Å². The van der Waals surface area contributed by atoms with Crippen molar-refractivity contribution in [2.45, 2.75) is 25.8 Å². The van der Waals surface area contributed by atoms with Crippen LogP contribution in [0.1, 0.15) is 18.4 Å². The maximum Gasteiger partial charge on any atom is 0.291 e. The average molecular weight is 316 g/mol. The van der Waals surface area contributed by atoms with Crippen LogP contribution < -0.4 is 10.1 Å². The van der Waals surface area contributed by atoms with Gasteiger partial charge in [0.2, 0.25) is 5.88 Å². The second-order valence-electron chi connectivity index (χ2n) is 4.25. The zero-order valence-corrected chi connectivity index (χ0v) is 11.6. The Labute approximate surface area is 113 Å². The first-order valence-electron chi connectivity index (χ1n) is 5.75. The van der Waals surface area contributed by atoms with Crippen molar-refractivity contribution >= 4 is 21.6 Å². The number of aromatic nitrogens is 1. The van der Waals surface area contributed by atoms with Crippen LogP contribution in [0.5, 0.6) is 5.88 Å². The lowest BCUT2D eigenvalue weighted by Crippen LogP contribution is -2.28. The van der Waals surface area contributed by atoms with Crippen LogP contribution in [-0.2, 0) is 0 Å². The molecule has 0 spiro atoms. The number of nitrogens with zero attached hydrogens (tertiary/aromatic N) is 2. The highest BCUT2D eigenvalue weighted by atomic mass is 79.9. The van der Waals surface area contributed by atoms with Crippen molar-refractivity contribution in [2.24, 2.45) is 0 Å². The summed E-state index contributed by atoms with van der Waals surface area (Å²) in [4.78, 5) is 14.3. The molecule has 2 rings (SSSR count). The van der Waals surface area contributed by atoms with E-state index in [0.29, 0.717) is 28.6 Å². The molecule has 7 heteroatoms. The molecule has 1 aromatic heterocycles. The number of hydrogen-bond acceptors (Lipinski definition) is 5. The lowest BCUT2D eigenvalue weighted by Gasteiger charge is -2.13. The van der Waals surface area contributed by atoms with E-state index < -0.39 is 4.92 Å². The molecule has 1 fully saturated rings. The number of ether oxygens (including phenoxy) is 1. The van der Waals surface area contributed by atoms with Crippen LogP contribution in [0, 0.1) is 17.0 Å². The largest absolute Gasteiger partial charge is 0.475 e.